The van der Waals surface area contributed by atoms with Crippen molar-refractivity contribution in [2.45, 2.75) is 51.9 Å². The van der Waals surface area contributed by atoms with Crippen molar-refractivity contribution in [3.05, 3.63) is 35.7 Å². The summed E-state index contributed by atoms with van der Waals surface area (Å²) in [5.41, 5.74) is 1.14. The van der Waals surface area contributed by atoms with Gasteiger partial charge in [0, 0.05) is 38.2 Å². The van der Waals surface area contributed by atoms with Gasteiger partial charge in [0.1, 0.15) is 11.4 Å². The lowest BCUT2D eigenvalue weighted by atomic mass is 10.1. The molecule has 11 heteroatoms. The van der Waals surface area contributed by atoms with Gasteiger partial charge >= 0.3 is 0 Å². The Morgan fingerprint density at radius 3 is 2.69 bits per heavy atom. The zero-order chi connectivity index (χ0) is 25.8. The molecule has 0 atom stereocenters. The van der Waals surface area contributed by atoms with E-state index in [4.69, 9.17) is 4.74 Å². The summed E-state index contributed by atoms with van der Waals surface area (Å²) in [5, 5.41) is 13.6. The number of aromatic nitrogens is 3. The molecule has 1 aromatic carbocycles. The van der Waals surface area contributed by atoms with Crippen LogP contribution in [0.1, 0.15) is 72.7 Å². The van der Waals surface area contributed by atoms with E-state index >= 15 is 0 Å². The van der Waals surface area contributed by atoms with E-state index in [0.29, 0.717) is 62.5 Å². The summed E-state index contributed by atoms with van der Waals surface area (Å²) in [7, 11) is 0. The van der Waals surface area contributed by atoms with Crippen LogP contribution in [0.4, 0.5) is 4.39 Å². The molecule has 0 aliphatic carbocycles. The van der Waals surface area contributed by atoms with E-state index in [1.54, 1.807) is 18.2 Å². The zero-order valence-electron chi connectivity index (χ0n) is 20.8. The summed E-state index contributed by atoms with van der Waals surface area (Å²) in [6, 6.07) is 5.00. The summed E-state index contributed by atoms with van der Waals surface area (Å²) < 4.78 is 19.7. The number of hydrogen-bond acceptors (Lipinski definition) is 6. The molecule has 1 saturated heterocycles. The molecule has 2 aromatic rings. The summed E-state index contributed by atoms with van der Waals surface area (Å²) in [5.74, 6) is 0.0334. The van der Waals surface area contributed by atoms with Crippen molar-refractivity contribution in [2.24, 2.45) is 0 Å². The third-order valence-corrected chi connectivity index (χ3v) is 5.88. The van der Waals surface area contributed by atoms with Gasteiger partial charge < -0.3 is 20.3 Å². The first kappa shape index (κ1) is 27.1. The minimum absolute atomic E-state index is 0.150. The molecule has 1 aliphatic rings. The summed E-state index contributed by atoms with van der Waals surface area (Å²) in [4.78, 5) is 38.3. The van der Waals surface area contributed by atoms with Gasteiger partial charge in [0.25, 0.3) is 11.8 Å². The molecule has 2 N–H and O–H groups in total. The molecule has 2 heterocycles. The Hall–Kier alpha value is -3.50. The van der Waals surface area contributed by atoms with Crippen LogP contribution < -0.4 is 15.4 Å². The molecule has 1 aromatic heterocycles. The van der Waals surface area contributed by atoms with Gasteiger partial charge in [-0.15, -0.1) is 5.10 Å². The molecule has 10 nitrogen and oxygen atoms in total. The number of carbonyl (C=O) groups excluding carboxylic acids is 3. The van der Waals surface area contributed by atoms with E-state index in [2.05, 4.69) is 20.9 Å². The molecule has 3 amide bonds. The summed E-state index contributed by atoms with van der Waals surface area (Å²) >= 11 is 0. The van der Waals surface area contributed by atoms with E-state index in [1.807, 2.05) is 11.8 Å². The molecule has 0 unspecified atom stereocenters. The maximum Gasteiger partial charge on any atom is 0.273 e. The fourth-order valence-corrected chi connectivity index (χ4v) is 3.94. The SMILES string of the molecule is CCNC(=O)c1ccc(-n2cc(C(=O)NCCCN3CCCC3=O)nn2)c(OCCCCCCF)c1. The van der Waals surface area contributed by atoms with Crippen LogP contribution in [0.15, 0.2) is 24.4 Å². The third kappa shape index (κ3) is 7.76. The maximum atomic E-state index is 12.5. The van der Waals surface area contributed by atoms with Gasteiger partial charge in [-0.25, -0.2) is 4.68 Å². The van der Waals surface area contributed by atoms with Crippen molar-refractivity contribution in [1.82, 2.24) is 30.5 Å². The number of hydrogen-bond donors (Lipinski definition) is 2. The van der Waals surface area contributed by atoms with Crippen LogP contribution in [0.2, 0.25) is 0 Å². The quantitative estimate of drug-likeness (QED) is 0.362. The van der Waals surface area contributed by atoms with Crippen LogP contribution in [0.25, 0.3) is 5.69 Å². The Balaban J connectivity index is 1.62. The van der Waals surface area contributed by atoms with Crippen molar-refractivity contribution in [1.29, 1.82) is 0 Å². The van der Waals surface area contributed by atoms with E-state index in [0.717, 1.165) is 32.2 Å². The van der Waals surface area contributed by atoms with Crippen molar-refractivity contribution < 1.29 is 23.5 Å². The monoisotopic (exact) mass is 502 g/mol. The van der Waals surface area contributed by atoms with Crippen LogP contribution in [0.5, 0.6) is 5.75 Å². The summed E-state index contributed by atoms with van der Waals surface area (Å²) in [6.45, 7) is 4.25. The van der Waals surface area contributed by atoms with Gasteiger partial charge in [-0.2, -0.15) is 0 Å². The first-order chi connectivity index (χ1) is 17.5. The average molecular weight is 503 g/mol. The van der Waals surface area contributed by atoms with Crippen molar-refractivity contribution in [3.63, 3.8) is 0 Å². The number of unbranched alkanes of at least 4 members (excludes halogenated alkanes) is 3. The number of amides is 3. The van der Waals surface area contributed by atoms with Crippen LogP contribution in [-0.2, 0) is 4.79 Å². The minimum Gasteiger partial charge on any atom is -0.491 e. The number of halogens is 1. The smallest absolute Gasteiger partial charge is 0.273 e. The van der Waals surface area contributed by atoms with E-state index in [-0.39, 0.29) is 30.1 Å². The number of rotatable bonds is 15. The van der Waals surface area contributed by atoms with E-state index < -0.39 is 0 Å². The zero-order valence-corrected chi connectivity index (χ0v) is 20.8. The van der Waals surface area contributed by atoms with Crippen molar-refractivity contribution in [3.8, 4) is 11.4 Å². The average Bonchev–Trinajstić information content (AvgIpc) is 3.53. The molecule has 0 bridgehead atoms. The van der Waals surface area contributed by atoms with E-state index in [9.17, 15) is 18.8 Å². The number of alkyl halides is 1. The molecule has 0 spiro atoms. The lowest BCUT2D eigenvalue weighted by molar-refractivity contribution is -0.127. The Morgan fingerprint density at radius 1 is 1.11 bits per heavy atom. The van der Waals surface area contributed by atoms with Gasteiger partial charge in [-0.1, -0.05) is 11.6 Å². The second-order valence-electron chi connectivity index (χ2n) is 8.64. The summed E-state index contributed by atoms with van der Waals surface area (Å²) in [6.07, 6.45) is 6.59. The molecule has 196 valence electrons. The highest BCUT2D eigenvalue weighted by Crippen LogP contribution is 2.25. The number of benzene rings is 1. The van der Waals surface area contributed by atoms with Crippen LogP contribution in [0.3, 0.4) is 0 Å². The topological polar surface area (TPSA) is 118 Å². The largest absolute Gasteiger partial charge is 0.491 e. The number of nitrogens with zero attached hydrogens (tertiary/aromatic N) is 4. The highest BCUT2D eigenvalue weighted by atomic mass is 19.1. The number of nitrogens with one attached hydrogen (secondary N) is 2. The molecular formula is C25H35FN6O4. The molecule has 1 aliphatic heterocycles. The van der Waals surface area contributed by atoms with Gasteiger partial charge in [-0.3, -0.25) is 18.8 Å². The number of carbonyl (C=O) groups is 3. The molecule has 1 fully saturated rings. The Morgan fingerprint density at radius 2 is 1.94 bits per heavy atom. The Kier molecular flexibility index (Phi) is 10.7. The Bertz CT molecular complexity index is 1030. The molecular weight excluding hydrogens is 467 g/mol. The third-order valence-electron chi connectivity index (χ3n) is 5.88. The predicted molar refractivity (Wildman–Crippen MR) is 132 cm³/mol. The standard InChI is InChI=1S/C25H35FN6O4/c1-2-27-24(34)19-10-11-21(22(17-19)36-16-6-4-3-5-12-26)32-18-20(29-30-32)25(35)28-13-8-15-31-14-7-9-23(31)33/h10-11,17-18H,2-9,12-16H2,1H3,(H,27,34)(H,28,35). The first-order valence-electron chi connectivity index (χ1n) is 12.6. The number of ether oxygens (including phenoxy) is 1. The molecule has 0 radical (unpaired) electrons. The number of likely N-dealkylation sites (tertiary alicyclic amines) is 1. The fraction of sp³-hybridized carbons (Fsp3) is 0.560. The predicted octanol–water partition coefficient (Wildman–Crippen LogP) is 2.67. The molecule has 36 heavy (non-hydrogen) atoms. The second-order valence-corrected chi connectivity index (χ2v) is 8.64. The highest BCUT2D eigenvalue weighted by Gasteiger charge is 2.20. The van der Waals surface area contributed by atoms with Crippen LogP contribution in [-0.4, -0.2) is 77.1 Å². The van der Waals surface area contributed by atoms with Gasteiger partial charge in [0.2, 0.25) is 5.91 Å². The Labute approximate surface area is 210 Å². The van der Waals surface area contributed by atoms with Crippen LogP contribution >= 0.6 is 0 Å². The van der Waals surface area contributed by atoms with Gasteiger partial charge in [0.05, 0.1) is 19.5 Å². The van der Waals surface area contributed by atoms with Crippen molar-refractivity contribution >= 4 is 17.7 Å². The first-order valence-corrected chi connectivity index (χ1v) is 12.6. The second kappa shape index (κ2) is 14.2. The highest BCUT2D eigenvalue weighted by molar-refractivity contribution is 5.95. The van der Waals surface area contributed by atoms with Crippen molar-refractivity contribution in [2.75, 3.05) is 39.5 Å². The minimum atomic E-state index is -0.358. The molecule has 0 saturated carbocycles. The van der Waals surface area contributed by atoms with Gasteiger partial charge in [0.15, 0.2) is 5.69 Å². The normalized spacial score (nSPS) is 13.2. The lowest BCUT2D eigenvalue weighted by Crippen LogP contribution is -2.30. The van der Waals surface area contributed by atoms with E-state index in [1.165, 1.54) is 10.9 Å². The lowest BCUT2D eigenvalue weighted by Gasteiger charge is -2.15. The molecule has 3 rings (SSSR count). The maximum absolute atomic E-state index is 12.5. The van der Waals surface area contributed by atoms with Crippen LogP contribution in [0, 0.1) is 0 Å². The van der Waals surface area contributed by atoms with Gasteiger partial charge in [-0.05, 0) is 57.2 Å². The fourth-order valence-electron chi connectivity index (χ4n) is 3.94.